The average Bonchev–Trinajstić information content (AvgIpc) is 3.14. The average molecular weight is 441 g/mol. The van der Waals surface area contributed by atoms with Gasteiger partial charge in [-0.05, 0) is 54.1 Å². The first-order chi connectivity index (χ1) is 13.2. The summed E-state index contributed by atoms with van der Waals surface area (Å²) in [5, 5.41) is 0.539. The van der Waals surface area contributed by atoms with Gasteiger partial charge in [0, 0.05) is 33.6 Å². The van der Waals surface area contributed by atoms with Gasteiger partial charge in [0.2, 0.25) is 0 Å². The fourth-order valence-corrected chi connectivity index (χ4v) is 3.44. The smallest absolute Gasteiger partial charge is 0.142 e. The minimum atomic E-state index is 0.539. The molecule has 0 aliphatic heterocycles. The Morgan fingerprint density at radius 2 is 1.59 bits per heavy atom. The van der Waals surface area contributed by atoms with Crippen LogP contribution in [0.3, 0.4) is 0 Å². The number of hydrogen-bond donors (Lipinski definition) is 0. The maximum absolute atomic E-state index is 6.34. The Balaban J connectivity index is 1.88. The fraction of sp³-hybridized carbons (Fsp3) is 0.0455. The maximum atomic E-state index is 6.34. The Hall–Kier alpha value is -2.56. The molecule has 3 nitrogen and oxygen atoms in total. The molecule has 0 aliphatic carbocycles. The first kappa shape index (κ1) is 17.8. The first-order valence-corrected chi connectivity index (χ1v) is 9.47. The lowest BCUT2D eigenvalue weighted by Gasteiger charge is -2.06. The maximum Gasteiger partial charge on any atom is 0.142 e. The number of pyridine rings is 1. The molecule has 0 amide bonds. The summed E-state index contributed by atoms with van der Waals surface area (Å²) in [6.07, 6.45) is 3.54. The Kier molecular flexibility index (Phi) is 5.01. The summed E-state index contributed by atoms with van der Waals surface area (Å²) in [5.74, 6) is 2.17. The van der Waals surface area contributed by atoms with Crippen molar-refractivity contribution >= 4 is 27.5 Å². The molecule has 0 N–H and O–H groups in total. The van der Waals surface area contributed by atoms with E-state index >= 15 is 0 Å². The Morgan fingerprint density at radius 1 is 0.889 bits per heavy atom. The van der Waals surface area contributed by atoms with Crippen molar-refractivity contribution in [1.29, 1.82) is 0 Å². The van der Waals surface area contributed by atoms with Gasteiger partial charge >= 0.3 is 0 Å². The predicted molar refractivity (Wildman–Crippen MR) is 112 cm³/mol. The molecule has 0 aliphatic rings. The van der Waals surface area contributed by atoms with Crippen molar-refractivity contribution in [3.63, 3.8) is 0 Å². The number of aromatic nitrogens is 1. The van der Waals surface area contributed by atoms with Gasteiger partial charge in [-0.25, -0.2) is 0 Å². The van der Waals surface area contributed by atoms with E-state index in [0.717, 1.165) is 38.2 Å². The molecule has 0 saturated carbocycles. The highest BCUT2D eigenvalue weighted by Crippen LogP contribution is 2.40. The lowest BCUT2D eigenvalue weighted by atomic mass is 10.0. The second kappa shape index (κ2) is 7.59. The van der Waals surface area contributed by atoms with Crippen LogP contribution in [0.4, 0.5) is 0 Å². The van der Waals surface area contributed by atoms with E-state index in [1.165, 1.54) is 0 Å². The monoisotopic (exact) mass is 439 g/mol. The predicted octanol–water partition coefficient (Wildman–Crippen LogP) is 7.10. The summed E-state index contributed by atoms with van der Waals surface area (Å²) < 4.78 is 12.6. The molecule has 5 heteroatoms. The molecule has 0 fully saturated rings. The van der Waals surface area contributed by atoms with E-state index in [-0.39, 0.29) is 0 Å². The molecule has 0 unspecified atom stereocenters. The molecule has 4 rings (SSSR count). The van der Waals surface area contributed by atoms with Gasteiger partial charge in [-0.2, -0.15) is 0 Å². The molecule has 0 spiro atoms. The van der Waals surface area contributed by atoms with Gasteiger partial charge in [0.25, 0.3) is 0 Å². The standard InChI is InChI=1S/C22H15BrClNO2/c1-26-20-7-4-16(12-19(20)24)22-18(14-8-10-25-11-9-14)13-21(27-22)15-2-5-17(23)6-3-15/h2-13H,1H3. The molecule has 0 atom stereocenters. The van der Waals surface area contributed by atoms with Crippen LogP contribution in [-0.4, -0.2) is 12.1 Å². The summed E-state index contributed by atoms with van der Waals surface area (Å²) in [6.45, 7) is 0. The fourth-order valence-electron chi connectivity index (χ4n) is 2.92. The lowest BCUT2D eigenvalue weighted by molar-refractivity contribution is 0.415. The van der Waals surface area contributed by atoms with Gasteiger partial charge in [0.05, 0.1) is 12.1 Å². The van der Waals surface area contributed by atoms with Crippen molar-refractivity contribution in [2.24, 2.45) is 0 Å². The number of furan rings is 1. The van der Waals surface area contributed by atoms with Crippen LogP contribution >= 0.6 is 27.5 Å². The highest BCUT2D eigenvalue weighted by molar-refractivity contribution is 9.10. The molecule has 2 aromatic heterocycles. The summed E-state index contributed by atoms with van der Waals surface area (Å²) >= 11 is 9.81. The van der Waals surface area contributed by atoms with Crippen molar-refractivity contribution in [3.8, 4) is 39.5 Å². The number of rotatable bonds is 4. The Bertz CT molecular complexity index is 1080. The van der Waals surface area contributed by atoms with Gasteiger partial charge in [-0.3, -0.25) is 4.98 Å². The molecule has 27 heavy (non-hydrogen) atoms. The van der Waals surface area contributed by atoms with Gasteiger partial charge in [-0.15, -0.1) is 0 Å². The third kappa shape index (κ3) is 3.64. The molecule has 2 heterocycles. The van der Waals surface area contributed by atoms with E-state index in [1.54, 1.807) is 19.5 Å². The van der Waals surface area contributed by atoms with E-state index in [1.807, 2.05) is 60.7 Å². The quantitative estimate of drug-likeness (QED) is 0.339. The summed E-state index contributed by atoms with van der Waals surface area (Å²) in [4.78, 5) is 4.11. The van der Waals surface area contributed by atoms with Gasteiger partial charge < -0.3 is 9.15 Å². The zero-order valence-corrected chi connectivity index (χ0v) is 16.8. The molecule has 0 bridgehead atoms. The lowest BCUT2D eigenvalue weighted by Crippen LogP contribution is -1.85. The molecule has 2 aromatic carbocycles. The van der Waals surface area contributed by atoms with Crippen molar-refractivity contribution in [3.05, 3.63) is 82.6 Å². The summed E-state index contributed by atoms with van der Waals surface area (Å²) in [5.41, 5.74) is 3.89. The number of halogens is 2. The van der Waals surface area contributed by atoms with Crippen LogP contribution in [0.15, 0.2) is 81.9 Å². The number of nitrogens with zero attached hydrogens (tertiary/aromatic N) is 1. The van der Waals surface area contributed by atoms with Crippen LogP contribution in [0.5, 0.6) is 5.75 Å². The van der Waals surface area contributed by atoms with Crippen molar-refractivity contribution in [2.45, 2.75) is 0 Å². The molecule has 0 saturated heterocycles. The minimum Gasteiger partial charge on any atom is -0.495 e. The van der Waals surface area contributed by atoms with Crippen LogP contribution in [0.25, 0.3) is 33.8 Å². The molecule has 4 aromatic rings. The number of hydrogen-bond acceptors (Lipinski definition) is 3. The van der Waals surface area contributed by atoms with Crippen molar-refractivity contribution < 1.29 is 9.15 Å². The number of benzene rings is 2. The largest absolute Gasteiger partial charge is 0.495 e. The van der Waals surface area contributed by atoms with Crippen LogP contribution in [0.1, 0.15) is 0 Å². The number of ether oxygens (including phenoxy) is 1. The van der Waals surface area contributed by atoms with Crippen LogP contribution in [0.2, 0.25) is 5.02 Å². The molecular formula is C22H15BrClNO2. The zero-order chi connectivity index (χ0) is 18.8. The highest BCUT2D eigenvalue weighted by Gasteiger charge is 2.17. The highest BCUT2D eigenvalue weighted by atomic mass is 79.9. The summed E-state index contributed by atoms with van der Waals surface area (Å²) in [6, 6.07) is 19.6. The van der Waals surface area contributed by atoms with Gasteiger partial charge in [-0.1, -0.05) is 39.7 Å². The van der Waals surface area contributed by atoms with Crippen molar-refractivity contribution in [1.82, 2.24) is 4.98 Å². The van der Waals surface area contributed by atoms with E-state index in [9.17, 15) is 0 Å². The van der Waals surface area contributed by atoms with Gasteiger partial charge in [0.15, 0.2) is 0 Å². The molecule has 134 valence electrons. The van der Waals surface area contributed by atoms with E-state index in [4.69, 9.17) is 20.8 Å². The molecule has 0 radical (unpaired) electrons. The van der Waals surface area contributed by atoms with Crippen LogP contribution < -0.4 is 4.74 Å². The summed E-state index contributed by atoms with van der Waals surface area (Å²) in [7, 11) is 1.60. The normalized spacial score (nSPS) is 10.8. The Morgan fingerprint density at radius 3 is 2.26 bits per heavy atom. The third-order valence-electron chi connectivity index (χ3n) is 4.27. The van der Waals surface area contributed by atoms with Crippen LogP contribution in [-0.2, 0) is 0 Å². The van der Waals surface area contributed by atoms with Gasteiger partial charge in [0.1, 0.15) is 17.3 Å². The minimum absolute atomic E-state index is 0.539. The van der Waals surface area contributed by atoms with E-state index in [2.05, 4.69) is 20.9 Å². The first-order valence-electron chi connectivity index (χ1n) is 8.30. The molecular weight excluding hydrogens is 426 g/mol. The number of methoxy groups -OCH3 is 1. The second-order valence-corrected chi connectivity index (χ2v) is 7.27. The van der Waals surface area contributed by atoms with Crippen LogP contribution in [0, 0.1) is 0 Å². The SMILES string of the molecule is COc1ccc(-c2oc(-c3ccc(Br)cc3)cc2-c2ccncc2)cc1Cl. The topological polar surface area (TPSA) is 35.3 Å². The van der Waals surface area contributed by atoms with E-state index < -0.39 is 0 Å². The third-order valence-corrected chi connectivity index (χ3v) is 5.09. The second-order valence-electron chi connectivity index (χ2n) is 5.95. The zero-order valence-electron chi connectivity index (χ0n) is 14.4. The Labute approximate surface area is 170 Å². The van der Waals surface area contributed by atoms with E-state index in [0.29, 0.717) is 10.8 Å². The van der Waals surface area contributed by atoms with Crippen molar-refractivity contribution in [2.75, 3.05) is 7.11 Å².